The zero-order valence-electron chi connectivity index (χ0n) is 10.1. The molecule has 1 aromatic heterocycles. The van der Waals surface area contributed by atoms with Crippen LogP contribution < -0.4 is 5.73 Å². The molecular weight excluding hydrogens is 269 g/mol. The molecule has 1 aromatic carbocycles. The molecule has 2 rings (SSSR count). The minimum Gasteiger partial charge on any atom is -0.338 e. The van der Waals surface area contributed by atoms with Crippen LogP contribution in [0.4, 0.5) is 0 Å². The molecule has 0 saturated heterocycles. The number of hydrogen-bond acceptors (Lipinski definition) is 2. The minimum absolute atomic E-state index is 0.0588. The summed E-state index contributed by atoms with van der Waals surface area (Å²) in [5.41, 5.74) is 7.14. The molecule has 18 heavy (non-hydrogen) atoms. The van der Waals surface area contributed by atoms with E-state index in [0.717, 1.165) is 24.2 Å². The largest absolute Gasteiger partial charge is 0.338 e. The third kappa shape index (κ3) is 3.05. The minimum atomic E-state index is -0.0588. The van der Waals surface area contributed by atoms with Gasteiger partial charge in [-0.2, -0.15) is 0 Å². The average molecular weight is 284 g/mol. The first-order valence-corrected chi connectivity index (χ1v) is 6.50. The quantitative estimate of drug-likeness (QED) is 0.935. The number of rotatable bonds is 4. The van der Waals surface area contributed by atoms with Crippen LogP contribution in [0.1, 0.15) is 23.9 Å². The van der Waals surface area contributed by atoms with Gasteiger partial charge < -0.3 is 10.3 Å². The number of benzene rings is 1. The van der Waals surface area contributed by atoms with Gasteiger partial charge in [0.25, 0.3) is 0 Å². The highest BCUT2D eigenvalue weighted by Crippen LogP contribution is 2.26. The Morgan fingerprint density at radius 1 is 1.33 bits per heavy atom. The Bertz CT molecular complexity index is 537. The maximum atomic E-state index is 6.14. The third-order valence-corrected chi connectivity index (χ3v) is 3.71. The van der Waals surface area contributed by atoms with Gasteiger partial charge in [0, 0.05) is 31.9 Å². The molecule has 0 aliphatic carbocycles. The molecule has 1 heterocycles. The summed E-state index contributed by atoms with van der Waals surface area (Å²) in [5.74, 6) is 1.03. The van der Waals surface area contributed by atoms with E-state index >= 15 is 0 Å². The second kappa shape index (κ2) is 5.74. The van der Waals surface area contributed by atoms with Crippen LogP contribution in [0.25, 0.3) is 0 Å². The SMILES string of the molecule is Cn1ccnc1CCC(N)c1ccc(Cl)c(Cl)c1. The summed E-state index contributed by atoms with van der Waals surface area (Å²) < 4.78 is 2.00. The van der Waals surface area contributed by atoms with Crippen LogP contribution in [-0.2, 0) is 13.5 Å². The maximum absolute atomic E-state index is 6.14. The predicted molar refractivity (Wildman–Crippen MR) is 74.9 cm³/mol. The van der Waals surface area contributed by atoms with Gasteiger partial charge in [0.15, 0.2) is 0 Å². The summed E-state index contributed by atoms with van der Waals surface area (Å²) in [7, 11) is 1.98. The Hall–Kier alpha value is -1.03. The first kappa shape index (κ1) is 13.4. The van der Waals surface area contributed by atoms with Crippen molar-refractivity contribution in [2.75, 3.05) is 0 Å². The van der Waals surface area contributed by atoms with Crippen molar-refractivity contribution >= 4 is 23.2 Å². The van der Waals surface area contributed by atoms with E-state index in [1.54, 1.807) is 12.3 Å². The number of nitrogens with zero attached hydrogens (tertiary/aromatic N) is 2. The van der Waals surface area contributed by atoms with Gasteiger partial charge in [-0.05, 0) is 24.1 Å². The van der Waals surface area contributed by atoms with Gasteiger partial charge in [-0.3, -0.25) is 0 Å². The van der Waals surface area contributed by atoms with Gasteiger partial charge in [-0.1, -0.05) is 29.3 Å². The van der Waals surface area contributed by atoms with Crippen molar-refractivity contribution in [3.05, 3.63) is 52.0 Å². The summed E-state index contributed by atoms with van der Waals surface area (Å²) in [6, 6.07) is 5.46. The van der Waals surface area contributed by atoms with Crippen LogP contribution >= 0.6 is 23.2 Å². The highest BCUT2D eigenvalue weighted by Gasteiger charge is 2.09. The lowest BCUT2D eigenvalue weighted by atomic mass is 10.0. The lowest BCUT2D eigenvalue weighted by Gasteiger charge is -2.12. The molecule has 0 aliphatic heterocycles. The van der Waals surface area contributed by atoms with Crippen molar-refractivity contribution in [2.24, 2.45) is 12.8 Å². The van der Waals surface area contributed by atoms with Crippen molar-refractivity contribution in [1.82, 2.24) is 9.55 Å². The van der Waals surface area contributed by atoms with Crippen LogP contribution in [0.15, 0.2) is 30.6 Å². The second-order valence-corrected chi connectivity index (χ2v) is 5.09. The van der Waals surface area contributed by atoms with Crippen LogP contribution in [-0.4, -0.2) is 9.55 Å². The summed E-state index contributed by atoms with van der Waals surface area (Å²) in [6.45, 7) is 0. The molecule has 1 unspecified atom stereocenters. The molecule has 2 N–H and O–H groups in total. The van der Waals surface area contributed by atoms with Gasteiger partial charge in [-0.15, -0.1) is 0 Å². The molecule has 2 aromatic rings. The van der Waals surface area contributed by atoms with Crippen molar-refractivity contribution < 1.29 is 0 Å². The van der Waals surface area contributed by atoms with Crippen molar-refractivity contribution in [2.45, 2.75) is 18.9 Å². The van der Waals surface area contributed by atoms with E-state index in [-0.39, 0.29) is 6.04 Å². The van der Waals surface area contributed by atoms with Gasteiger partial charge in [0.2, 0.25) is 0 Å². The molecule has 5 heteroatoms. The Morgan fingerprint density at radius 3 is 2.72 bits per heavy atom. The third-order valence-electron chi connectivity index (χ3n) is 2.97. The van der Waals surface area contributed by atoms with E-state index in [0.29, 0.717) is 10.0 Å². The van der Waals surface area contributed by atoms with Gasteiger partial charge in [0.05, 0.1) is 10.0 Å². The Labute approximate surface area is 117 Å². The van der Waals surface area contributed by atoms with Crippen molar-refractivity contribution in [3.63, 3.8) is 0 Å². The first-order valence-electron chi connectivity index (χ1n) is 5.74. The number of aromatic nitrogens is 2. The fraction of sp³-hybridized carbons (Fsp3) is 0.308. The fourth-order valence-electron chi connectivity index (χ4n) is 1.83. The molecule has 0 aliphatic rings. The lowest BCUT2D eigenvalue weighted by molar-refractivity contribution is 0.621. The number of imidazole rings is 1. The topological polar surface area (TPSA) is 43.8 Å². The average Bonchev–Trinajstić information content (AvgIpc) is 2.75. The summed E-state index contributed by atoms with van der Waals surface area (Å²) in [6.07, 6.45) is 5.38. The molecule has 0 amide bonds. The van der Waals surface area contributed by atoms with E-state index in [1.165, 1.54) is 0 Å². The molecule has 0 radical (unpaired) electrons. The van der Waals surface area contributed by atoms with Crippen LogP contribution in [0.3, 0.4) is 0 Å². The Kier molecular flexibility index (Phi) is 4.27. The summed E-state index contributed by atoms with van der Waals surface area (Å²) in [4.78, 5) is 4.27. The van der Waals surface area contributed by atoms with E-state index in [9.17, 15) is 0 Å². The maximum Gasteiger partial charge on any atom is 0.108 e. The highest BCUT2D eigenvalue weighted by atomic mass is 35.5. The molecular formula is C13H15Cl2N3. The second-order valence-electron chi connectivity index (χ2n) is 4.27. The number of halogens is 2. The summed E-state index contributed by atoms with van der Waals surface area (Å²) in [5, 5.41) is 1.10. The van der Waals surface area contributed by atoms with Gasteiger partial charge in [0.1, 0.15) is 5.82 Å². The van der Waals surface area contributed by atoms with Gasteiger partial charge >= 0.3 is 0 Å². The number of hydrogen-bond donors (Lipinski definition) is 1. The van der Waals surface area contributed by atoms with Crippen LogP contribution in [0.5, 0.6) is 0 Å². The monoisotopic (exact) mass is 283 g/mol. The summed E-state index contributed by atoms with van der Waals surface area (Å²) >= 11 is 11.9. The zero-order chi connectivity index (χ0) is 13.1. The van der Waals surface area contributed by atoms with Crippen LogP contribution in [0.2, 0.25) is 10.0 Å². The molecule has 96 valence electrons. The van der Waals surface area contributed by atoms with E-state index in [2.05, 4.69) is 4.98 Å². The normalized spacial score (nSPS) is 12.7. The van der Waals surface area contributed by atoms with E-state index in [4.69, 9.17) is 28.9 Å². The molecule has 0 bridgehead atoms. The van der Waals surface area contributed by atoms with E-state index in [1.807, 2.05) is 29.9 Å². The molecule has 0 saturated carbocycles. The molecule has 0 spiro atoms. The molecule has 0 fully saturated rings. The molecule has 1 atom stereocenters. The zero-order valence-corrected chi connectivity index (χ0v) is 11.6. The van der Waals surface area contributed by atoms with Crippen molar-refractivity contribution in [3.8, 4) is 0 Å². The van der Waals surface area contributed by atoms with E-state index < -0.39 is 0 Å². The highest BCUT2D eigenvalue weighted by molar-refractivity contribution is 6.42. The van der Waals surface area contributed by atoms with Crippen molar-refractivity contribution in [1.29, 1.82) is 0 Å². The number of nitrogens with two attached hydrogens (primary N) is 1. The Balaban J connectivity index is 2.01. The Morgan fingerprint density at radius 2 is 2.11 bits per heavy atom. The standard InChI is InChI=1S/C13H15Cl2N3/c1-18-7-6-17-13(18)5-4-12(16)9-2-3-10(14)11(15)8-9/h2-3,6-8,12H,4-5,16H2,1H3. The number of aryl methyl sites for hydroxylation is 2. The predicted octanol–water partition coefficient (Wildman–Crippen LogP) is 3.36. The lowest BCUT2D eigenvalue weighted by Crippen LogP contribution is -2.12. The first-order chi connectivity index (χ1) is 8.58. The fourth-order valence-corrected chi connectivity index (χ4v) is 2.14. The molecule has 3 nitrogen and oxygen atoms in total. The van der Waals surface area contributed by atoms with Crippen LogP contribution in [0, 0.1) is 0 Å². The van der Waals surface area contributed by atoms with Gasteiger partial charge in [-0.25, -0.2) is 4.98 Å². The smallest absolute Gasteiger partial charge is 0.108 e.